The van der Waals surface area contributed by atoms with Gasteiger partial charge in [0.15, 0.2) is 0 Å². The predicted octanol–water partition coefficient (Wildman–Crippen LogP) is 2.22. The van der Waals surface area contributed by atoms with Crippen molar-refractivity contribution in [3.63, 3.8) is 0 Å². The Labute approximate surface area is 111 Å². The van der Waals surface area contributed by atoms with Gasteiger partial charge in [0.1, 0.15) is 5.78 Å². The van der Waals surface area contributed by atoms with Crippen molar-refractivity contribution in [2.75, 3.05) is 5.75 Å². The molecule has 0 saturated heterocycles. The summed E-state index contributed by atoms with van der Waals surface area (Å²) in [5.41, 5.74) is 1.11. The fourth-order valence-corrected chi connectivity index (χ4v) is 2.76. The van der Waals surface area contributed by atoms with Crippen molar-refractivity contribution in [3.8, 4) is 0 Å². The van der Waals surface area contributed by atoms with Gasteiger partial charge in [-0.3, -0.25) is 9.00 Å². The minimum Gasteiger partial charge on any atom is -0.392 e. The number of hydrogen-bond donors (Lipinski definition) is 1. The van der Waals surface area contributed by atoms with Crippen LogP contribution < -0.4 is 0 Å². The van der Waals surface area contributed by atoms with Gasteiger partial charge < -0.3 is 5.11 Å². The molecule has 0 fully saturated rings. The van der Waals surface area contributed by atoms with Gasteiger partial charge in [-0.1, -0.05) is 24.6 Å². The summed E-state index contributed by atoms with van der Waals surface area (Å²) in [4.78, 5) is 12.1. The van der Waals surface area contributed by atoms with E-state index >= 15 is 0 Å². The quantitative estimate of drug-likeness (QED) is 0.825. The van der Waals surface area contributed by atoms with Crippen LogP contribution in [-0.2, 0) is 15.6 Å². The zero-order valence-electron chi connectivity index (χ0n) is 10.9. The molecule has 100 valence electrons. The van der Waals surface area contributed by atoms with E-state index in [9.17, 15) is 14.1 Å². The summed E-state index contributed by atoms with van der Waals surface area (Å²) in [7, 11) is -1.24. The van der Waals surface area contributed by atoms with Crippen LogP contribution in [0, 0.1) is 6.92 Å². The standard InChI is InChI=1S/C14H20O3S/c1-3-4-12(15)9-13(16)10-18(17)14-7-5-11(2)6-8-14/h5-8,13,16H,3-4,9-10H2,1-2H3/t13-,18?/m0/s1. The van der Waals surface area contributed by atoms with E-state index in [0.717, 1.165) is 12.0 Å². The molecule has 0 aliphatic carbocycles. The van der Waals surface area contributed by atoms with Crippen LogP contribution in [0.5, 0.6) is 0 Å². The lowest BCUT2D eigenvalue weighted by atomic mass is 10.1. The van der Waals surface area contributed by atoms with Crippen LogP contribution in [0.3, 0.4) is 0 Å². The van der Waals surface area contributed by atoms with Gasteiger partial charge in [0.05, 0.1) is 22.7 Å². The lowest BCUT2D eigenvalue weighted by molar-refractivity contribution is -0.120. The second kappa shape index (κ2) is 7.44. The van der Waals surface area contributed by atoms with Gasteiger partial charge in [0, 0.05) is 17.7 Å². The first-order chi connectivity index (χ1) is 8.52. The molecule has 1 rings (SSSR count). The Hall–Kier alpha value is -1.00. The highest BCUT2D eigenvalue weighted by molar-refractivity contribution is 7.85. The number of ketones is 1. The molecule has 0 aliphatic rings. The summed E-state index contributed by atoms with van der Waals surface area (Å²) < 4.78 is 11.9. The lowest BCUT2D eigenvalue weighted by Gasteiger charge is -2.09. The molecule has 0 radical (unpaired) electrons. The Morgan fingerprint density at radius 1 is 1.33 bits per heavy atom. The van der Waals surface area contributed by atoms with Crippen LogP contribution in [0.15, 0.2) is 29.2 Å². The average molecular weight is 268 g/mol. The van der Waals surface area contributed by atoms with E-state index in [2.05, 4.69) is 0 Å². The highest BCUT2D eigenvalue weighted by Gasteiger charge is 2.14. The fraction of sp³-hybridized carbons (Fsp3) is 0.500. The third-order valence-corrected chi connectivity index (χ3v) is 4.11. The van der Waals surface area contributed by atoms with Crippen molar-refractivity contribution in [1.29, 1.82) is 0 Å². The molecule has 0 amide bonds. The summed E-state index contributed by atoms with van der Waals surface area (Å²) in [5, 5.41) is 9.72. The van der Waals surface area contributed by atoms with Gasteiger partial charge in [0.25, 0.3) is 0 Å². The second-order valence-electron chi connectivity index (χ2n) is 4.47. The monoisotopic (exact) mass is 268 g/mol. The van der Waals surface area contributed by atoms with Gasteiger partial charge in [-0.25, -0.2) is 0 Å². The van der Waals surface area contributed by atoms with Crippen molar-refractivity contribution in [2.45, 2.75) is 44.1 Å². The van der Waals surface area contributed by atoms with E-state index in [1.54, 1.807) is 12.1 Å². The summed E-state index contributed by atoms with van der Waals surface area (Å²) in [5.74, 6) is 0.157. The number of carbonyl (C=O) groups is 1. The molecule has 0 saturated carbocycles. The molecule has 0 aliphatic heterocycles. The summed E-state index contributed by atoms with van der Waals surface area (Å²) in [6.07, 6.45) is 0.554. The lowest BCUT2D eigenvalue weighted by Crippen LogP contribution is -2.20. The number of aliphatic hydroxyl groups excluding tert-OH is 1. The van der Waals surface area contributed by atoms with Crippen LogP contribution in [0.2, 0.25) is 0 Å². The van der Waals surface area contributed by atoms with Gasteiger partial charge in [-0.05, 0) is 25.5 Å². The smallest absolute Gasteiger partial charge is 0.135 e. The summed E-state index contributed by atoms with van der Waals surface area (Å²) in [6, 6.07) is 7.38. The maximum absolute atomic E-state index is 11.9. The first-order valence-electron chi connectivity index (χ1n) is 6.17. The molecule has 1 unspecified atom stereocenters. The van der Waals surface area contributed by atoms with E-state index in [1.807, 2.05) is 26.0 Å². The molecule has 0 spiro atoms. The maximum Gasteiger partial charge on any atom is 0.135 e. The Morgan fingerprint density at radius 3 is 2.50 bits per heavy atom. The molecule has 1 aromatic rings. The van der Waals surface area contributed by atoms with Gasteiger partial charge >= 0.3 is 0 Å². The van der Waals surface area contributed by atoms with E-state index in [-0.39, 0.29) is 18.0 Å². The molecule has 18 heavy (non-hydrogen) atoms. The van der Waals surface area contributed by atoms with E-state index in [1.165, 1.54) is 0 Å². The molecule has 0 bridgehead atoms. The normalized spacial score (nSPS) is 14.2. The van der Waals surface area contributed by atoms with Crippen molar-refractivity contribution < 1.29 is 14.1 Å². The predicted molar refractivity (Wildman–Crippen MR) is 73.0 cm³/mol. The molecule has 2 atom stereocenters. The van der Waals surface area contributed by atoms with E-state index < -0.39 is 16.9 Å². The van der Waals surface area contributed by atoms with Gasteiger partial charge in [-0.2, -0.15) is 0 Å². The fourth-order valence-electron chi connectivity index (χ4n) is 1.66. The van der Waals surface area contributed by atoms with Crippen LogP contribution in [0.4, 0.5) is 0 Å². The topological polar surface area (TPSA) is 54.4 Å². The Balaban J connectivity index is 2.49. The van der Waals surface area contributed by atoms with Crippen molar-refractivity contribution >= 4 is 16.6 Å². The van der Waals surface area contributed by atoms with Gasteiger partial charge in [0.2, 0.25) is 0 Å². The summed E-state index contributed by atoms with van der Waals surface area (Å²) in [6.45, 7) is 3.89. The first kappa shape index (κ1) is 15.1. The number of aliphatic hydroxyl groups is 1. The number of benzene rings is 1. The molecular formula is C14H20O3S. The van der Waals surface area contributed by atoms with Crippen molar-refractivity contribution in [2.24, 2.45) is 0 Å². The number of carbonyl (C=O) groups excluding carboxylic acids is 1. The molecule has 0 heterocycles. The highest BCUT2D eigenvalue weighted by atomic mass is 32.2. The SMILES string of the molecule is CCCC(=O)C[C@H](O)CS(=O)c1ccc(C)cc1. The van der Waals surface area contributed by atoms with Crippen LogP contribution in [-0.4, -0.2) is 27.0 Å². The Bertz CT molecular complexity index is 412. The van der Waals surface area contributed by atoms with Crippen LogP contribution in [0.25, 0.3) is 0 Å². The Kier molecular flexibility index (Phi) is 6.22. The minimum atomic E-state index is -1.24. The third kappa shape index (κ3) is 5.10. The van der Waals surface area contributed by atoms with Crippen molar-refractivity contribution in [3.05, 3.63) is 29.8 Å². The third-order valence-electron chi connectivity index (χ3n) is 2.62. The molecule has 3 nitrogen and oxygen atoms in total. The summed E-state index contributed by atoms with van der Waals surface area (Å²) >= 11 is 0. The first-order valence-corrected chi connectivity index (χ1v) is 7.49. The molecule has 4 heteroatoms. The highest BCUT2D eigenvalue weighted by Crippen LogP contribution is 2.11. The minimum absolute atomic E-state index is 0.0332. The maximum atomic E-state index is 11.9. The zero-order chi connectivity index (χ0) is 13.5. The molecular weight excluding hydrogens is 248 g/mol. The Morgan fingerprint density at radius 2 is 1.94 bits per heavy atom. The second-order valence-corrected chi connectivity index (χ2v) is 5.97. The van der Waals surface area contributed by atoms with Crippen LogP contribution >= 0.6 is 0 Å². The largest absolute Gasteiger partial charge is 0.392 e. The van der Waals surface area contributed by atoms with E-state index in [0.29, 0.717) is 11.3 Å². The van der Waals surface area contributed by atoms with Crippen LogP contribution in [0.1, 0.15) is 31.7 Å². The average Bonchev–Trinajstić information content (AvgIpc) is 2.29. The molecule has 1 N–H and O–H groups in total. The molecule has 1 aromatic carbocycles. The number of rotatable bonds is 7. The molecule has 0 aromatic heterocycles. The van der Waals surface area contributed by atoms with Crippen molar-refractivity contribution in [1.82, 2.24) is 0 Å². The van der Waals surface area contributed by atoms with Gasteiger partial charge in [-0.15, -0.1) is 0 Å². The zero-order valence-corrected chi connectivity index (χ0v) is 11.7. The number of hydrogen-bond acceptors (Lipinski definition) is 3. The van der Waals surface area contributed by atoms with E-state index in [4.69, 9.17) is 0 Å². The number of aryl methyl sites for hydroxylation is 1. The number of Topliss-reactive ketones (excluding diaryl/α,β-unsaturated/α-hetero) is 1.